The van der Waals surface area contributed by atoms with Gasteiger partial charge in [-0.15, -0.1) is 0 Å². The highest BCUT2D eigenvalue weighted by Gasteiger charge is 2.42. The van der Waals surface area contributed by atoms with Crippen LogP contribution in [0.2, 0.25) is 0 Å². The predicted octanol–water partition coefficient (Wildman–Crippen LogP) is 2.85. The lowest BCUT2D eigenvalue weighted by Crippen LogP contribution is -2.61. The van der Waals surface area contributed by atoms with Crippen molar-refractivity contribution in [2.45, 2.75) is 57.1 Å². The molecule has 2 aromatic rings. The Bertz CT molecular complexity index is 1150. The maximum Gasteiger partial charge on any atom is 0.270 e. The molecule has 0 spiro atoms. The van der Waals surface area contributed by atoms with Gasteiger partial charge in [-0.25, -0.2) is 13.8 Å². The van der Waals surface area contributed by atoms with Gasteiger partial charge < -0.3 is 30.5 Å². The van der Waals surface area contributed by atoms with Crippen LogP contribution in [0.15, 0.2) is 42.5 Å². The third kappa shape index (κ3) is 7.64. The van der Waals surface area contributed by atoms with Gasteiger partial charge in [-0.3, -0.25) is 14.5 Å². The number of amides is 2. The number of rotatable bonds is 14. The Hall–Kier alpha value is -3.35. The molecule has 218 valence electrons. The number of pyridine rings is 1. The van der Waals surface area contributed by atoms with Crippen molar-refractivity contribution in [1.82, 2.24) is 15.2 Å². The molecule has 0 bridgehead atoms. The van der Waals surface area contributed by atoms with Crippen LogP contribution in [0.25, 0.3) is 0 Å². The third-order valence-corrected chi connectivity index (χ3v) is 7.41. The standard InChI is InChI=1S/C28H37F2N5O5/c1-27(38,40-17-20-5-3-2-4-6-20)35-13-11-28(12-14-35,15-24(31)36)33-25(37)22-9-10-23(34(18-29)19-30)26(32-22)39-16-21-7-8-21/h2-6,9-10,21,38H,7-8,11-19H2,1H3,(H2,31,36)(H,33,37). The van der Waals surface area contributed by atoms with E-state index in [1.54, 1.807) is 11.8 Å². The normalized spacial score (nSPS) is 18.5. The van der Waals surface area contributed by atoms with Gasteiger partial charge in [0, 0.05) is 26.4 Å². The van der Waals surface area contributed by atoms with E-state index in [4.69, 9.17) is 15.2 Å². The molecular formula is C28H37F2N5O5. The van der Waals surface area contributed by atoms with Crippen LogP contribution >= 0.6 is 0 Å². The molecule has 1 unspecified atom stereocenters. The summed E-state index contributed by atoms with van der Waals surface area (Å²) in [7, 11) is 0. The Labute approximate surface area is 232 Å². The monoisotopic (exact) mass is 561 g/mol. The molecule has 12 heteroatoms. The van der Waals surface area contributed by atoms with Gasteiger partial charge in [0.15, 0.2) is 13.6 Å². The number of hydrogen-bond donors (Lipinski definition) is 3. The molecule has 1 aliphatic heterocycles. The molecule has 1 aliphatic carbocycles. The van der Waals surface area contributed by atoms with E-state index in [1.165, 1.54) is 12.1 Å². The summed E-state index contributed by atoms with van der Waals surface area (Å²) in [6.45, 7) is 0.580. The number of alkyl halides is 2. The number of nitrogens with zero attached hydrogens (tertiary/aromatic N) is 3. The lowest BCUT2D eigenvalue weighted by atomic mass is 9.83. The number of nitrogens with two attached hydrogens (primary N) is 1. The van der Waals surface area contributed by atoms with Crippen molar-refractivity contribution in [3.63, 3.8) is 0 Å². The zero-order chi connectivity index (χ0) is 28.8. The van der Waals surface area contributed by atoms with Gasteiger partial charge in [0.25, 0.3) is 5.91 Å². The van der Waals surface area contributed by atoms with Crippen molar-refractivity contribution in [2.75, 3.05) is 38.2 Å². The van der Waals surface area contributed by atoms with Crippen LogP contribution < -0.4 is 20.7 Å². The third-order valence-electron chi connectivity index (χ3n) is 7.41. The van der Waals surface area contributed by atoms with E-state index >= 15 is 0 Å². The largest absolute Gasteiger partial charge is 0.476 e. The van der Waals surface area contributed by atoms with Crippen LogP contribution in [0.4, 0.5) is 14.5 Å². The Morgan fingerprint density at radius 2 is 1.85 bits per heavy atom. The number of primary amides is 1. The van der Waals surface area contributed by atoms with E-state index in [0.29, 0.717) is 38.5 Å². The number of hydrogen-bond acceptors (Lipinski definition) is 8. The van der Waals surface area contributed by atoms with Crippen LogP contribution in [0.5, 0.6) is 5.88 Å². The number of likely N-dealkylation sites (tertiary alicyclic amines) is 1. The van der Waals surface area contributed by atoms with Crippen LogP contribution in [0.3, 0.4) is 0 Å². The molecule has 2 aliphatic rings. The van der Waals surface area contributed by atoms with Gasteiger partial charge >= 0.3 is 0 Å². The number of piperidine rings is 1. The van der Waals surface area contributed by atoms with Gasteiger partial charge in [-0.1, -0.05) is 30.3 Å². The van der Waals surface area contributed by atoms with Crippen molar-refractivity contribution in [2.24, 2.45) is 11.7 Å². The van der Waals surface area contributed by atoms with Gasteiger partial charge in [-0.2, -0.15) is 0 Å². The summed E-state index contributed by atoms with van der Waals surface area (Å²) in [5.41, 5.74) is 5.58. The number of ether oxygens (including phenoxy) is 2. The molecule has 2 amide bonds. The van der Waals surface area contributed by atoms with E-state index < -0.39 is 36.9 Å². The molecule has 1 saturated heterocycles. The Balaban J connectivity index is 1.45. The first-order valence-electron chi connectivity index (χ1n) is 13.4. The van der Waals surface area contributed by atoms with Gasteiger partial charge in [0.05, 0.1) is 18.8 Å². The molecule has 4 N–H and O–H groups in total. The van der Waals surface area contributed by atoms with Crippen LogP contribution in [-0.2, 0) is 16.1 Å². The second-order valence-electron chi connectivity index (χ2n) is 10.6. The summed E-state index contributed by atoms with van der Waals surface area (Å²) >= 11 is 0. The van der Waals surface area contributed by atoms with E-state index in [1.807, 2.05) is 30.3 Å². The van der Waals surface area contributed by atoms with Gasteiger partial charge in [0.2, 0.25) is 17.7 Å². The van der Waals surface area contributed by atoms with E-state index in [0.717, 1.165) is 23.3 Å². The second kappa shape index (κ2) is 12.9. The average molecular weight is 562 g/mol. The first-order chi connectivity index (χ1) is 19.1. The van der Waals surface area contributed by atoms with Crippen molar-refractivity contribution in [1.29, 1.82) is 0 Å². The topological polar surface area (TPSA) is 130 Å². The van der Waals surface area contributed by atoms with Crippen LogP contribution in [0, 0.1) is 5.92 Å². The Morgan fingerprint density at radius 1 is 1.18 bits per heavy atom. The number of carbonyl (C=O) groups excluding carboxylic acids is 2. The van der Waals surface area contributed by atoms with Crippen molar-refractivity contribution in [3.05, 3.63) is 53.7 Å². The predicted molar refractivity (Wildman–Crippen MR) is 144 cm³/mol. The highest BCUT2D eigenvalue weighted by atomic mass is 19.1. The molecule has 10 nitrogen and oxygen atoms in total. The fourth-order valence-electron chi connectivity index (χ4n) is 4.77. The zero-order valence-corrected chi connectivity index (χ0v) is 22.7. The smallest absolute Gasteiger partial charge is 0.270 e. The summed E-state index contributed by atoms with van der Waals surface area (Å²) in [5, 5.41) is 13.9. The summed E-state index contributed by atoms with van der Waals surface area (Å²) in [6.07, 6.45) is 2.52. The average Bonchev–Trinajstić information content (AvgIpc) is 3.77. The molecule has 1 saturated carbocycles. The zero-order valence-electron chi connectivity index (χ0n) is 22.7. The first kappa shape index (κ1) is 29.6. The number of nitrogens with one attached hydrogen (secondary N) is 1. The molecule has 4 rings (SSSR count). The minimum Gasteiger partial charge on any atom is -0.476 e. The highest BCUT2D eigenvalue weighted by Crippen LogP contribution is 2.34. The first-order valence-corrected chi connectivity index (χ1v) is 13.4. The molecule has 0 radical (unpaired) electrons. The molecular weight excluding hydrogens is 524 g/mol. The minimum atomic E-state index is -1.57. The highest BCUT2D eigenvalue weighted by molar-refractivity contribution is 5.94. The summed E-state index contributed by atoms with van der Waals surface area (Å²) in [5.74, 6) is -2.40. The molecule has 2 heterocycles. The summed E-state index contributed by atoms with van der Waals surface area (Å²) in [4.78, 5) is 32.1. The molecule has 1 aromatic heterocycles. The van der Waals surface area contributed by atoms with Gasteiger partial charge in [0.1, 0.15) is 11.4 Å². The number of benzene rings is 1. The van der Waals surface area contributed by atoms with E-state index in [-0.39, 0.29) is 30.3 Å². The van der Waals surface area contributed by atoms with E-state index in [9.17, 15) is 23.5 Å². The quantitative estimate of drug-likeness (QED) is 0.237. The fraction of sp³-hybridized carbons (Fsp3) is 0.536. The lowest BCUT2D eigenvalue weighted by Gasteiger charge is -2.46. The molecule has 1 aromatic carbocycles. The number of aliphatic hydroxyl groups is 1. The fourth-order valence-corrected chi connectivity index (χ4v) is 4.77. The van der Waals surface area contributed by atoms with Crippen LogP contribution in [0.1, 0.15) is 55.1 Å². The summed E-state index contributed by atoms with van der Waals surface area (Å²) in [6, 6.07) is 12.2. The molecule has 2 fully saturated rings. The number of aromatic nitrogens is 1. The van der Waals surface area contributed by atoms with Gasteiger partial charge in [-0.05, 0) is 49.3 Å². The maximum absolute atomic E-state index is 13.4. The summed E-state index contributed by atoms with van der Waals surface area (Å²) < 4.78 is 38.3. The number of carbonyl (C=O) groups is 2. The Kier molecular flexibility index (Phi) is 9.54. The molecule has 1 atom stereocenters. The number of halogens is 2. The minimum absolute atomic E-state index is 0.0170. The molecule has 40 heavy (non-hydrogen) atoms. The lowest BCUT2D eigenvalue weighted by molar-refractivity contribution is -0.292. The van der Waals surface area contributed by atoms with Crippen molar-refractivity contribution in [3.8, 4) is 5.88 Å². The Morgan fingerprint density at radius 3 is 2.45 bits per heavy atom. The van der Waals surface area contributed by atoms with Crippen molar-refractivity contribution >= 4 is 17.5 Å². The SMILES string of the molecule is CC(O)(OCc1ccccc1)N1CCC(CC(N)=O)(NC(=O)c2ccc(N(CF)CF)c(OCC3CC3)n2)CC1. The van der Waals surface area contributed by atoms with Crippen molar-refractivity contribution < 1.29 is 33.0 Å². The maximum atomic E-state index is 13.4. The number of anilines is 1. The second-order valence-corrected chi connectivity index (χ2v) is 10.6. The van der Waals surface area contributed by atoms with E-state index in [2.05, 4.69) is 10.3 Å². The van der Waals surface area contributed by atoms with Crippen LogP contribution in [-0.4, -0.2) is 71.5 Å².